The van der Waals surface area contributed by atoms with Crippen LogP contribution in [0.1, 0.15) is 61.3 Å². The second-order valence-corrected chi connectivity index (χ2v) is 18.2. The van der Waals surface area contributed by atoms with Crippen LogP contribution in [0, 0.1) is 17.3 Å². The Labute approximate surface area is 289 Å². The van der Waals surface area contributed by atoms with E-state index in [0.717, 1.165) is 50.2 Å². The molecule has 3 heterocycles. The molecule has 9 atom stereocenters. The normalized spacial score (nSPS) is 38.3. The summed E-state index contributed by atoms with van der Waals surface area (Å²) < 4.78 is 26.4. The Bertz CT molecular complexity index is 981. The molecule has 46 heavy (non-hydrogen) atoms. The number of hydrogen-bond donors (Lipinski definition) is 1. The van der Waals surface area contributed by atoms with Crippen LogP contribution in [0.5, 0.6) is 0 Å². The number of hydrogen-bond acceptors (Lipinski definition) is 11. The molecule has 1 N–H and O–H groups in total. The van der Waals surface area contributed by atoms with Gasteiger partial charge in [0.1, 0.15) is 0 Å². The Kier molecular flexibility index (Phi) is 15.2. The number of ether oxygens (including phenoxy) is 4. The van der Waals surface area contributed by atoms with Gasteiger partial charge in [0.05, 0.1) is 0 Å². The van der Waals surface area contributed by atoms with E-state index >= 15 is 0 Å². The van der Waals surface area contributed by atoms with Gasteiger partial charge in [-0.3, -0.25) is 0 Å². The van der Waals surface area contributed by atoms with Crippen LogP contribution in [0.2, 0.25) is 0 Å². The van der Waals surface area contributed by atoms with E-state index in [0.29, 0.717) is 19.4 Å². The fourth-order valence-corrected chi connectivity index (χ4v) is 10.5. The number of esters is 1. The zero-order valence-electron chi connectivity index (χ0n) is 30.5. The molecule has 3 aliphatic heterocycles. The number of Topliss-reactive ketones (excluding diaryl/α,β-unsaturated/α-hetero) is 1. The van der Waals surface area contributed by atoms with Gasteiger partial charge in [-0.15, -0.1) is 0 Å². The monoisotopic (exact) mass is 767 g/mol. The van der Waals surface area contributed by atoms with Crippen molar-refractivity contribution in [1.82, 2.24) is 19.6 Å². The first-order valence-electron chi connectivity index (χ1n) is 17.2. The summed E-state index contributed by atoms with van der Waals surface area (Å²) in [4.78, 5) is 37.3. The van der Waals surface area contributed by atoms with Crippen LogP contribution in [0.3, 0.4) is 0 Å². The molecule has 0 bridgehead atoms. The van der Waals surface area contributed by atoms with Gasteiger partial charge < -0.3 is 0 Å². The van der Waals surface area contributed by atoms with Crippen LogP contribution in [0.25, 0.3) is 0 Å². The zero-order valence-corrected chi connectivity index (χ0v) is 32.6. The summed E-state index contributed by atoms with van der Waals surface area (Å²) in [5.74, 6) is -1.32. The Morgan fingerprint density at radius 2 is 1.74 bits per heavy atom. The van der Waals surface area contributed by atoms with Crippen LogP contribution in [-0.4, -0.2) is 162 Å². The number of rotatable bonds is 9. The molecular weight excluding hydrogens is 703 g/mol. The zero-order chi connectivity index (χ0) is 34.4. The number of aliphatic hydroxyl groups is 1. The number of halogens is 1. The number of ketones is 1. The Morgan fingerprint density at radius 1 is 1.09 bits per heavy atom. The summed E-state index contributed by atoms with van der Waals surface area (Å²) in [7, 11) is 7.70. The van der Waals surface area contributed by atoms with E-state index in [4.69, 9.17) is 18.9 Å². The third kappa shape index (κ3) is 10.1. The van der Waals surface area contributed by atoms with Gasteiger partial charge in [0.25, 0.3) is 0 Å². The standard InChI is InChI=1S/C34H64IN4O7/c1-12-39-21-23(2)20-34(7,43-11)30(46-31-28(40)26(36(8)9)19-24(3)45-31)25(4)29(41)33(5,6)32(42)44-22-27(39)35-13-14-38-17-15-37(10)16-18-38/h23-28,30-31,40H,12-22H2,1-11H3/q-1/t23-,24-,25+,26+,27-,28-,30-,31+,34-/m1/s1. The van der Waals surface area contributed by atoms with Gasteiger partial charge in [-0.05, 0) is 14.1 Å². The summed E-state index contributed by atoms with van der Waals surface area (Å²) >= 11 is -0.310. The van der Waals surface area contributed by atoms with Crippen molar-refractivity contribution >= 4 is 11.8 Å². The first-order valence-corrected chi connectivity index (χ1v) is 20.0. The van der Waals surface area contributed by atoms with Crippen LogP contribution in [0.4, 0.5) is 0 Å². The molecule has 0 aliphatic carbocycles. The molecular formula is C34H64IN4O7-. The van der Waals surface area contributed by atoms with Crippen molar-refractivity contribution in [2.45, 2.75) is 102 Å². The molecule has 270 valence electrons. The number of methoxy groups -OCH3 is 1. The SMILES string of the molecule is CCN1C[C@H](C)C[C@@](C)(OC)[C@H](O[C@@H]2O[C@H](C)C[C@H](N(C)C)[C@H]2O)[C@@H](C)C(=O)C(C)(C)C(=O)OC[C@@H]1[I-]CCN1CCN(C)CC1. The quantitative estimate of drug-likeness (QED) is 0.103. The van der Waals surface area contributed by atoms with Crippen LogP contribution in [0.15, 0.2) is 0 Å². The first kappa shape index (κ1) is 40.0. The van der Waals surface area contributed by atoms with E-state index in [1.807, 2.05) is 32.8 Å². The van der Waals surface area contributed by atoms with Gasteiger partial charge in [-0.2, -0.15) is 0 Å². The van der Waals surface area contributed by atoms with Gasteiger partial charge in [0, 0.05) is 0 Å². The molecule has 12 heteroatoms. The number of carbonyl (C=O) groups is 2. The summed E-state index contributed by atoms with van der Waals surface area (Å²) in [6.07, 6.45) is -1.50. The number of alkyl halides is 2. The average Bonchev–Trinajstić information content (AvgIpc) is 3.01. The molecule has 0 aromatic heterocycles. The summed E-state index contributed by atoms with van der Waals surface area (Å²) in [6.45, 7) is 20.9. The minimum atomic E-state index is -1.39. The van der Waals surface area contributed by atoms with Crippen molar-refractivity contribution in [2.24, 2.45) is 17.3 Å². The Hall–Kier alpha value is -0.450. The third-order valence-corrected chi connectivity index (χ3v) is 13.6. The molecule has 3 rings (SSSR count). The third-order valence-electron chi connectivity index (χ3n) is 10.4. The van der Waals surface area contributed by atoms with E-state index in [-0.39, 0.29) is 49.1 Å². The number of likely N-dealkylation sites (N-methyl/N-ethyl adjacent to an activating group) is 3. The first-order chi connectivity index (χ1) is 21.5. The summed E-state index contributed by atoms with van der Waals surface area (Å²) in [5, 5.41) is 11.3. The molecule has 0 unspecified atom stereocenters. The fraction of sp³-hybridized carbons (Fsp3) is 0.941. The van der Waals surface area contributed by atoms with Crippen LogP contribution in [-0.2, 0) is 28.5 Å². The van der Waals surface area contributed by atoms with E-state index in [1.54, 1.807) is 27.9 Å². The van der Waals surface area contributed by atoms with Crippen molar-refractivity contribution in [3.63, 3.8) is 0 Å². The Morgan fingerprint density at radius 3 is 2.33 bits per heavy atom. The van der Waals surface area contributed by atoms with E-state index in [2.05, 4.69) is 35.6 Å². The summed E-state index contributed by atoms with van der Waals surface area (Å²) in [6, 6.07) is -0.164. The van der Waals surface area contributed by atoms with Gasteiger partial charge in [0.15, 0.2) is 0 Å². The van der Waals surface area contributed by atoms with Gasteiger partial charge in [0.2, 0.25) is 0 Å². The molecule has 0 spiro atoms. The van der Waals surface area contributed by atoms with Crippen LogP contribution >= 0.6 is 0 Å². The average molecular weight is 768 g/mol. The molecule has 0 amide bonds. The number of aliphatic hydroxyl groups excluding tert-OH is 1. The maximum absolute atomic E-state index is 14.2. The Balaban J connectivity index is 1.90. The number of cyclic esters (lactones) is 1. The second kappa shape index (κ2) is 17.5. The van der Waals surface area contributed by atoms with Crippen LogP contribution < -0.4 is 21.2 Å². The second-order valence-electron chi connectivity index (χ2n) is 14.8. The van der Waals surface area contributed by atoms with Gasteiger partial charge in [-0.1, -0.05) is 0 Å². The minimum absolute atomic E-state index is 0.143. The topological polar surface area (TPSA) is 104 Å². The number of piperazine rings is 1. The molecule has 0 saturated carbocycles. The number of carbonyl (C=O) groups excluding carboxylic acids is 2. The molecule has 3 aliphatic rings. The number of nitrogens with zero attached hydrogens (tertiary/aromatic N) is 4. The van der Waals surface area contributed by atoms with Crippen molar-refractivity contribution in [1.29, 1.82) is 0 Å². The van der Waals surface area contributed by atoms with E-state index in [1.165, 1.54) is 0 Å². The molecule has 0 aromatic carbocycles. The van der Waals surface area contributed by atoms with Gasteiger partial charge >= 0.3 is 276 Å². The van der Waals surface area contributed by atoms with E-state index < -0.39 is 41.4 Å². The molecule has 0 radical (unpaired) electrons. The molecule has 3 fully saturated rings. The predicted molar refractivity (Wildman–Crippen MR) is 175 cm³/mol. The molecule has 11 nitrogen and oxygen atoms in total. The van der Waals surface area contributed by atoms with Crippen molar-refractivity contribution in [2.75, 3.05) is 85.1 Å². The van der Waals surface area contributed by atoms with Crippen molar-refractivity contribution < 1.29 is 54.8 Å². The predicted octanol–water partition coefficient (Wildman–Crippen LogP) is -0.998. The fourth-order valence-electron chi connectivity index (χ4n) is 7.25. The van der Waals surface area contributed by atoms with Gasteiger partial charge in [-0.25, -0.2) is 0 Å². The van der Waals surface area contributed by atoms with Crippen molar-refractivity contribution in [3.8, 4) is 0 Å². The molecule has 0 aromatic rings. The van der Waals surface area contributed by atoms with E-state index in [9.17, 15) is 14.7 Å². The summed E-state index contributed by atoms with van der Waals surface area (Å²) in [5.41, 5.74) is -2.29. The molecule has 3 saturated heterocycles. The van der Waals surface area contributed by atoms with Crippen molar-refractivity contribution in [3.05, 3.63) is 0 Å². The maximum atomic E-state index is 14.2.